The summed E-state index contributed by atoms with van der Waals surface area (Å²) >= 11 is 0. The van der Waals surface area contributed by atoms with E-state index in [2.05, 4.69) is 4.98 Å². The number of ketones is 1. The number of carbonyl (C=O) groups is 1. The first-order valence-corrected chi connectivity index (χ1v) is 12.3. The molecule has 178 valence electrons. The number of piperazine rings is 1. The van der Waals surface area contributed by atoms with E-state index in [4.69, 9.17) is 0 Å². The maximum Gasteiger partial charge on any atom is 0.417 e. The molecule has 1 saturated heterocycles. The van der Waals surface area contributed by atoms with Crippen LogP contribution in [0.3, 0.4) is 0 Å². The molecule has 4 rings (SSSR count). The van der Waals surface area contributed by atoms with Gasteiger partial charge in [0, 0.05) is 43.7 Å². The molecule has 1 aromatic rings. The van der Waals surface area contributed by atoms with Crippen molar-refractivity contribution in [3.8, 4) is 0 Å². The van der Waals surface area contributed by atoms with Crippen molar-refractivity contribution in [2.24, 2.45) is 16.7 Å². The topological polar surface area (TPSA) is 70.6 Å². The van der Waals surface area contributed by atoms with Crippen LogP contribution in [0.5, 0.6) is 0 Å². The van der Waals surface area contributed by atoms with Crippen LogP contribution in [0.2, 0.25) is 0 Å². The van der Waals surface area contributed by atoms with Gasteiger partial charge in [-0.3, -0.25) is 4.79 Å². The number of halogens is 4. The second-order valence-electron chi connectivity index (χ2n) is 9.85. The van der Waals surface area contributed by atoms with E-state index in [1.165, 1.54) is 9.21 Å². The number of Topliss-reactive ketones (excluding diaryl/α,β-unsaturated/α-hetero) is 1. The van der Waals surface area contributed by atoms with Crippen LogP contribution in [0.25, 0.3) is 0 Å². The van der Waals surface area contributed by atoms with Crippen molar-refractivity contribution in [1.29, 1.82) is 0 Å². The highest BCUT2D eigenvalue weighted by molar-refractivity contribution is 7.89. The molecular weight excluding hydrogens is 450 g/mol. The highest BCUT2D eigenvalue weighted by Crippen LogP contribution is 2.64. The molecule has 11 heteroatoms. The van der Waals surface area contributed by atoms with Crippen molar-refractivity contribution < 1.29 is 30.8 Å². The van der Waals surface area contributed by atoms with E-state index in [0.29, 0.717) is 25.1 Å². The summed E-state index contributed by atoms with van der Waals surface area (Å²) in [7, 11) is -3.77. The average Bonchev–Trinajstić information content (AvgIpc) is 3.01. The Morgan fingerprint density at radius 3 is 2.44 bits per heavy atom. The van der Waals surface area contributed by atoms with Gasteiger partial charge < -0.3 is 4.90 Å². The Bertz CT molecular complexity index is 1040. The SMILES string of the molecule is C[C@H]1CN(S(=O)(=O)C[C@@]23CC[C@H](CC2=O)C3(C)C)CCN1c1ncc(C(F)(F)F)cc1F. The summed E-state index contributed by atoms with van der Waals surface area (Å²) in [5.41, 5.74) is -2.43. The number of fused-ring (bicyclic) bond motifs is 2. The van der Waals surface area contributed by atoms with Gasteiger partial charge in [-0.25, -0.2) is 17.8 Å². The molecule has 6 nitrogen and oxygen atoms in total. The molecule has 2 aliphatic carbocycles. The first-order chi connectivity index (χ1) is 14.7. The Kier molecular flexibility index (Phi) is 5.40. The summed E-state index contributed by atoms with van der Waals surface area (Å²) in [4.78, 5) is 17.9. The molecule has 32 heavy (non-hydrogen) atoms. The molecule has 2 saturated carbocycles. The molecule has 0 N–H and O–H groups in total. The van der Waals surface area contributed by atoms with Crippen molar-refractivity contribution in [3.63, 3.8) is 0 Å². The predicted molar refractivity (Wildman–Crippen MR) is 110 cm³/mol. The second kappa shape index (κ2) is 7.38. The molecular formula is C21H27F4N3O3S. The first kappa shape index (κ1) is 23.4. The number of rotatable bonds is 4. The van der Waals surface area contributed by atoms with Gasteiger partial charge in [0.1, 0.15) is 5.78 Å². The fourth-order valence-electron chi connectivity index (χ4n) is 5.80. The van der Waals surface area contributed by atoms with Crippen molar-refractivity contribution >= 4 is 21.6 Å². The zero-order valence-electron chi connectivity index (χ0n) is 18.2. The lowest BCUT2D eigenvalue weighted by molar-refractivity contribution is -0.138. The summed E-state index contributed by atoms with van der Waals surface area (Å²) < 4.78 is 80.7. The average molecular weight is 478 g/mol. The molecule has 0 spiro atoms. The molecule has 0 aromatic carbocycles. The largest absolute Gasteiger partial charge is 0.417 e. The van der Waals surface area contributed by atoms with E-state index in [1.807, 2.05) is 13.8 Å². The fourth-order valence-corrected chi connectivity index (χ4v) is 8.08. The predicted octanol–water partition coefficient (Wildman–Crippen LogP) is 3.48. The van der Waals surface area contributed by atoms with E-state index in [1.54, 1.807) is 6.92 Å². The van der Waals surface area contributed by atoms with Crippen LogP contribution in [0.4, 0.5) is 23.4 Å². The summed E-state index contributed by atoms with van der Waals surface area (Å²) in [5, 5.41) is 0. The minimum atomic E-state index is -4.70. The molecule has 1 aliphatic heterocycles. The Balaban J connectivity index is 1.51. The summed E-state index contributed by atoms with van der Waals surface area (Å²) in [6, 6.07) is -0.0971. The minimum absolute atomic E-state index is 0.0186. The lowest BCUT2D eigenvalue weighted by Crippen LogP contribution is -2.56. The molecule has 3 aliphatic rings. The van der Waals surface area contributed by atoms with E-state index in [-0.39, 0.29) is 48.3 Å². The normalized spacial score (nSPS) is 30.8. The number of aromatic nitrogens is 1. The summed E-state index contributed by atoms with van der Waals surface area (Å²) in [5.74, 6) is -1.34. The Hall–Kier alpha value is -1.75. The molecule has 2 heterocycles. The van der Waals surface area contributed by atoms with Gasteiger partial charge in [0.25, 0.3) is 0 Å². The molecule has 2 bridgehead atoms. The summed E-state index contributed by atoms with van der Waals surface area (Å²) in [6.45, 7) is 5.80. The number of alkyl halides is 3. The quantitative estimate of drug-likeness (QED) is 0.621. The second-order valence-corrected chi connectivity index (χ2v) is 11.8. The first-order valence-electron chi connectivity index (χ1n) is 10.7. The van der Waals surface area contributed by atoms with Crippen LogP contribution in [0, 0.1) is 22.6 Å². The lowest BCUT2D eigenvalue weighted by Gasteiger charge is -2.42. The van der Waals surface area contributed by atoms with Gasteiger partial charge in [0.05, 0.1) is 11.3 Å². The summed E-state index contributed by atoms with van der Waals surface area (Å²) in [6.07, 6.45) is -2.28. The van der Waals surface area contributed by atoms with Crippen molar-refractivity contribution in [1.82, 2.24) is 9.29 Å². The van der Waals surface area contributed by atoms with Crippen molar-refractivity contribution in [3.05, 3.63) is 23.6 Å². The minimum Gasteiger partial charge on any atom is -0.349 e. The number of nitrogens with zero attached hydrogens (tertiary/aromatic N) is 3. The molecule has 3 atom stereocenters. The van der Waals surface area contributed by atoms with Crippen LogP contribution >= 0.6 is 0 Å². The monoisotopic (exact) mass is 477 g/mol. The standard InChI is InChI=1S/C21H27F4N3O3S/c1-13-11-27(6-7-28(13)18-16(22)8-15(10-26-18)21(23,24)25)32(30,31)12-20-5-4-14(9-17(20)29)19(20,2)3/h8,10,13-14H,4-7,9,11-12H2,1-3H3/t13-,14+,20-/m0/s1. The number of hydrogen-bond donors (Lipinski definition) is 0. The molecule has 0 unspecified atom stereocenters. The van der Waals surface area contributed by atoms with Crippen LogP contribution in [-0.2, 0) is 21.0 Å². The smallest absolute Gasteiger partial charge is 0.349 e. The number of pyridine rings is 1. The van der Waals surface area contributed by atoms with Gasteiger partial charge in [0.15, 0.2) is 11.6 Å². The fraction of sp³-hybridized carbons (Fsp3) is 0.714. The zero-order chi connectivity index (χ0) is 23.7. The van der Waals surface area contributed by atoms with Gasteiger partial charge in [-0.2, -0.15) is 17.5 Å². The van der Waals surface area contributed by atoms with Crippen LogP contribution < -0.4 is 4.90 Å². The maximum absolute atomic E-state index is 14.4. The molecule has 0 radical (unpaired) electrons. The lowest BCUT2D eigenvalue weighted by atomic mass is 9.70. The van der Waals surface area contributed by atoms with Crippen LogP contribution in [-0.4, -0.2) is 54.9 Å². The van der Waals surface area contributed by atoms with Gasteiger partial charge in [-0.05, 0) is 37.2 Å². The van der Waals surface area contributed by atoms with Gasteiger partial charge in [-0.1, -0.05) is 13.8 Å². The number of hydrogen-bond acceptors (Lipinski definition) is 5. The third kappa shape index (κ3) is 3.52. The number of sulfonamides is 1. The Labute approximate surface area is 185 Å². The van der Waals surface area contributed by atoms with E-state index >= 15 is 0 Å². The van der Waals surface area contributed by atoms with E-state index in [9.17, 15) is 30.8 Å². The van der Waals surface area contributed by atoms with Crippen LogP contribution in [0.15, 0.2) is 12.3 Å². The van der Waals surface area contributed by atoms with E-state index < -0.39 is 39.0 Å². The highest BCUT2D eigenvalue weighted by Gasteiger charge is 2.65. The molecule has 0 amide bonds. The Morgan fingerprint density at radius 2 is 1.94 bits per heavy atom. The van der Waals surface area contributed by atoms with Crippen molar-refractivity contribution in [2.45, 2.75) is 52.3 Å². The maximum atomic E-state index is 14.4. The third-order valence-corrected chi connectivity index (χ3v) is 9.95. The number of anilines is 1. The van der Waals surface area contributed by atoms with Gasteiger partial charge >= 0.3 is 6.18 Å². The third-order valence-electron chi connectivity index (χ3n) is 7.97. The molecule has 3 fully saturated rings. The van der Waals surface area contributed by atoms with Crippen molar-refractivity contribution in [2.75, 3.05) is 30.3 Å². The Morgan fingerprint density at radius 1 is 1.25 bits per heavy atom. The highest BCUT2D eigenvalue weighted by atomic mass is 32.2. The zero-order valence-corrected chi connectivity index (χ0v) is 19.1. The molecule has 1 aromatic heterocycles. The van der Waals surface area contributed by atoms with E-state index in [0.717, 1.165) is 6.42 Å². The van der Waals surface area contributed by atoms with Gasteiger partial charge in [-0.15, -0.1) is 0 Å². The van der Waals surface area contributed by atoms with Gasteiger partial charge in [0.2, 0.25) is 10.0 Å². The number of carbonyl (C=O) groups excluding carboxylic acids is 1. The van der Waals surface area contributed by atoms with Crippen LogP contribution in [0.1, 0.15) is 45.6 Å².